The van der Waals surface area contributed by atoms with Crippen LogP contribution in [-0.4, -0.2) is 65.1 Å². The van der Waals surface area contributed by atoms with Crippen molar-refractivity contribution in [2.24, 2.45) is 0 Å². The van der Waals surface area contributed by atoms with Crippen LogP contribution in [0, 0.1) is 0 Å². The second-order valence-electron chi connectivity index (χ2n) is 7.99. The molecule has 7 nitrogen and oxygen atoms in total. The summed E-state index contributed by atoms with van der Waals surface area (Å²) >= 11 is 1.33. The molecular formula is C21H28N4O3S2. The quantitative estimate of drug-likeness (QED) is 0.514. The summed E-state index contributed by atoms with van der Waals surface area (Å²) in [5.74, 6) is 1.26. The molecule has 1 saturated heterocycles. The lowest BCUT2D eigenvalue weighted by Gasteiger charge is -2.34. The average molecular weight is 449 g/mol. The SMILES string of the molecule is CCNc1nc(SCC(=O)N(C2CCCC2)C2CCS(=O)(=O)C2)nc2ccccc12. The van der Waals surface area contributed by atoms with Gasteiger partial charge in [-0.3, -0.25) is 4.79 Å². The van der Waals surface area contributed by atoms with E-state index in [-0.39, 0.29) is 35.2 Å². The average Bonchev–Trinajstić information content (AvgIpc) is 3.37. The molecular weight excluding hydrogens is 420 g/mol. The van der Waals surface area contributed by atoms with Crippen LogP contribution in [0.2, 0.25) is 0 Å². The maximum atomic E-state index is 13.2. The number of nitrogens with one attached hydrogen (secondary N) is 1. The summed E-state index contributed by atoms with van der Waals surface area (Å²) in [5, 5.41) is 4.79. The monoisotopic (exact) mass is 448 g/mol. The van der Waals surface area contributed by atoms with E-state index >= 15 is 0 Å². The number of amides is 1. The molecule has 0 radical (unpaired) electrons. The van der Waals surface area contributed by atoms with Gasteiger partial charge in [-0.05, 0) is 38.3 Å². The number of hydrogen-bond acceptors (Lipinski definition) is 7. The molecule has 1 saturated carbocycles. The van der Waals surface area contributed by atoms with E-state index in [0.717, 1.165) is 48.9 Å². The van der Waals surface area contributed by atoms with E-state index in [2.05, 4.69) is 15.3 Å². The van der Waals surface area contributed by atoms with Crippen LogP contribution in [0.1, 0.15) is 39.0 Å². The molecule has 1 N–H and O–H groups in total. The zero-order valence-corrected chi connectivity index (χ0v) is 18.8. The first-order valence-electron chi connectivity index (χ1n) is 10.6. The number of carbonyl (C=O) groups excluding carboxylic acids is 1. The Kier molecular flexibility index (Phi) is 6.48. The van der Waals surface area contributed by atoms with Crippen molar-refractivity contribution >= 4 is 44.2 Å². The predicted octanol–water partition coefficient (Wildman–Crippen LogP) is 3.11. The summed E-state index contributed by atoms with van der Waals surface area (Å²) in [4.78, 5) is 24.3. The van der Waals surface area contributed by atoms with E-state index in [1.807, 2.05) is 36.1 Å². The largest absolute Gasteiger partial charge is 0.370 e. The number of sulfone groups is 1. The zero-order valence-electron chi connectivity index (χ0n) is 17.2. The van der Waals surface area contributed by atoms with Gasteiger partial charge in [-0.2, -0.15) is 0 Å². The lowest BCUT2D eigenvalue weighted by atomic mass is 10.1. The van der Waals surface area contributed by atoms with Gasteiger partial charge in [-0.15, -0.1) is 0 Å². The first-order chi connectivity index (χ1) is 14.5. The van der Waals surface area contributed by atoms with E-state index < -0.39 is 9.84 Å². The Labute approximate surface area is 182 Å². The minimum atomic E-state index is -3.04. The normalized spacial score (nSPS) is 21.2. The lowest BCUT2D eigenvalue weighted by molar-refractivity contribution is -0.132. The standard InChI is InChI=1S/C21H28N4O3S2/c1-2-22-20-17-9-5-6-10-18(17)23-21(24-20)29-13-19(26)25(15-7-3-4-8-15)16-11-12-30(27,28)14-16/h5-6,9-10,15-16H,2-4,7-8,11-14H2,1H3,(H,22,23,24). The Morgan fingerprint density at radius 2 is 1.93 bits per heavy atom. The number of rotatable bonds is 7. The topological polar surface area (TPSA) is 92.3 Å². The molecule has 0 spiro atoms. The number of para-hydroxylation sites is 1. The van der Waals surface area contributed by atoms with E-state index in [1.54, 1.807) is 0 Å². The van der Waals surface area contributed by atoms with Gasteiger partial charge in [0.2, 0.25) is 5.91 Å². The molecule has 1 aliphatic carbocycles. The van der Waals surface area contributed by atoms with Crippen LogP contribution in [0.5, 0.6) is 0 Å². The second kappa shape index (κ2) is 9.09. The summed E-state index contributed by atoms with van der Waals surface area (Å²) in [7, 11) is -3.04. The molecule has 2 aliphatic rings. The molecule has 0 bridgehead atoms. The highest BCUT2D eigenvalue weighted by Crippen LogP contribution is 2.31. The molecule has 2 heterocycles. The van der Waals surface area contributed by atoms with Crippen LogP contribution in [0.15, 0.2) is 29.4 Å². The van der Waals surface area contributed by atoms with Crippen LogP contribution in [0.25, 0.3) is 10.9 Å². The summed E-state index contributed by atoms with van der Waals surface area (Å²) in [6.45, 7) is 2.76. The minimum Gasteiger partial charge on any atom is -0.370 e. The molecule has 9 heteroatoms. The van der Waals surface area contributed by atoms with Crippen molar-refractivity contribution in [1.82, 2.24) is 14.9 Å². The summed E-state index contributed by atoms with van der Waals surface area (Å²) in [6.07, 6.45) is 4.67. The van der Waals surface area contributed by atoms with Crippen molar-refractivity contribution in [1.29, 1.82) is 0 Å². The molecule has 1 aromatic carbocycles. The Balaban J connectivity index is 1.52. The highest BCUT2D eigenvalue weighted by atomic mass is 32.2. The van der Waals surface area contributed by atoms with Crippen LogP contribution in [0.3, 0.4) is 0 Å². The van der Waals surface area contributed by atoms with Crippen LogP contribution in [0.4, 0.5) is 5.82 Å². The third-order valence-corrected chi connectivity index (χ3v) is 8.44. The van der Waals surface area contributed by atoms with Gasteiger partial charge in [0.15, 0.2) is 15.0 Å². The Bertz CT molecular complexity index is 1020. The number of thioether (sulfide) groups is 1. The summed E-state index contributed by atoms with van der Waals surface area (Å²) in [5.41, 5.74) is 0.841. The molecule has 1 atom stereocenters. The van der Waals surface area contributed by atoms with Crippen LogP contribution < -0.4 is 5.32 Å². The van der Waals surface area contributed by atoms with Crippen molar-refractivity contribution in [3.05, 3.63) is 24.3 Å². The second-order valence-corrected chi connectivity index (χ2v) is 11.2. The van der Waals surface area contributed by atoms with Crippen LogP contribution >= 0.6 is 11.8 Å². The molecule has 2 fully saturated rings. The lowest BCUT2D eigenvalue weighted by Crippen LogP contribution is -2.47. The highest BCUT2D eigenvalue weighted by Gasteiger charge is 2.38. The third-order valence-electron chi connectivity index (χ3n) is 5.86. The van der Waals surface area contributed by atoms with E-state index in [1.165, 1.54) is 11.8 Å². The third kappa shape index (κ3) is 4.72. The van der Waals surface area contributed by atoms with E-state index in [4.69, 9.17) is 0 Å². The van der Waals surface area contributed by atoms with Gasteiger partial charge in [0.25, 0.3) is 0 Å². The van der Waals surface area contributed by atoms with Crippen molar-refractivity contribution in [3.63, 3.8) is 0 Å². The van der Waals surface area contributed by atoms with Gasteiger partial charge in [-0.1, -0.05) is 36.7 Å². The number of anilines is 1. The molecule has 1 aromatic heterocycles. The van der Waals surface area contributed by atoms with E-state index in [0.29, 0.717) is 11.6 Å². The minimum absolute atomic E-state index is 0.00393. The van der Waals surface area contributed by atoms with Gasteiger partial charge in [0, 0.05) is 24.0 Å². The van der Waals surface area contributed by atoms with Crippen molar-refractivity contribution in [3.8, 4) is 0 Å². The van der Waals surface area contributed by atoms with Gasteiger partial charge < -0.3 is 10.2 Å². The molecule has 1 amide bonds. The first-order valence-corrected chi connectivity index (χ1v) is 13.4. The van der Waals surface area contributed by atoms with Crippen molar-refractivity contribution < 1.29 is 13.2 Å². The van der Waals surface area contributed by atoms with Crippen molar-refractivity contribution in [2.75, 3.05) is 29.1 Å². The smallest absolute Gasteiger partial charge is 0.233 e. The Hall–Kier alpha value is -1.87. The zero-order chi connectivity index (χ0) is 21.1. The molecule has 30 heavy (non-hydrogen) atoms. The van der Waals surface area contributed by atoms with Crippen molar-refractivity contribution in [2.45, 2.75) is 56.3 Å². The maximum Gasteiger partial charge on any atom is 0.233 e. The first kappa shape index (κ1) is 21.4. The van der Waals surface area contributed by atoms with Gasteiger partial charge >= 0.3 is 0 Å². The summed E-state index contributed by atoms with van der Waals surface area (Å²) < 4.78 is 24.0. The fraction of sp³-hybridized carbons (Fsp3) is 0.571. The number of carbonyl (C=O) groups is 1. The molecule has 1 aliphatic heterocycles. The number of benzene rings is 1. The van der Waals surface area contributed by atoms with Gasteiger partial charge in [0.05, 0.1) is 22.8 Å². The van der Waals surface area contributed by atoms with E-state index in [9.17, 15) is 13.2 Å². The molecule has 162 valence electrons. The Morgan fingerprint density at radius 1 is 1.17 bits per heavy atom. The maximum absolute atomic E-state index is 13.2. The van der Waals surface area contributed by atoms with Gasteiger partial charge in [-0.25, -0.2) is 18.4 Å². The number of fused-ring (bicyclic) bond motifs is 1. The molecule has 4 rings (SSSR count). The van der Waals surface area contributed by atoms with Crippen LogP contribution in [-0.2, 0) is 14.6 Å². The van der Waals surface area contributed by atoms with Gasteiger partial charge in [0.1, 0.15) is 5.82 Å². The molecule has 2 aromatic rings. The fourth-order valence-corrected chi connectivity index (χ4v) is 6.94. The Morgan fingerprint density at radius 3 is 2.63 bits per heavy atom. The summed E-state index contributed by atoms with van der Waals surface area (Å²) in [6, 6.07) is 7.78. The number of hydrogen-bond donors (Lipinski definition) is 1. The predicted molar refractivity (Wildman–Crippen MR) is 121 cm³/mol. The fourth-order valence-electron chi connectivity index (χ4n) is 4.51. The molecule has 1 unspecified atom stereocenters. The number of nitrogens with zero attached hydrogens (tertiary/aromatic N) is 3. The highest BCUT2D eigenvalue weighted by molar-refractivity contribution is 7.99. The number of aromatic nitrogens is 2.